The standard InChI is InChI=1S/C21H27N3O2/c25-19(13-12-16-7-4-5-8-16)24-14-6-11-18(15-24)21-22-20(23-26-21)17-9-2-1-3-10-17/h1-3,9-10,16,18H,4-8,11-15H2. The van der Waals surface area contributed by atoms with Crippen LogP contribution in [0.2, 0.25) is 0 Å². The summed E-state index contributed by atoms with van der Waals surface area (Å²) in [7, 11) is 0. The van der Waals surface area contributed by atoms with Crippen LogP contribution in [-0.2, 0) is 4.79 Å². The van der Waals surface area contributed by atoms with Crippen molar-refractivity contribution in [3.05, 3.63) is 36.2 Å². The van der Waals surface area contributed by atoms with Crippen LogP contribution in [0.25, 0.3) is 11.4 Å². The number of hydrogen-bond acceptors (Lipinski definition) is 4. The van der Waals surface area contributed by atoms with Crippen molar-refractivity contribution in [3.8, 4) is 11.4 Å². The average molecular weight is 353 g/mol. The van der Waals surface area contributed by atoms with E-state index in [9.17, 15) is 4.79 Å². The van der Waals surface area contributed by atoms with Crippen molar-refractivity contribution >= 4 is 5.91 Å². The van der Waals surface area contributed by atoms with Crippen LogP contribution >= 0.6 is 0 Å². The van der Waals surface area contributed by atoms with Gasteiger partial charge in [0.15, 0.2) is 0 Å². The largest absolute Gasteiger partial charge is 0.342 e. The summed E-state index contributed by atoms with van der Waals surface area (Å²) in [5.41, 5.74) is 0.961. The number of carbonyl (C=O) groups excluding carboxylic acids is 1. The summed E-state index contributed by atoms with van der Waals surface area (Å²) in [6.07, 6.45) is 9.04. The minimum Gasteiger partial charge on any atom is -0.342 e. The summed E-state index contributed by atoms with van der Waals surface area (Å²) >= 11 is 0. The second-order valence-electron chi connectivity index (χ2n) is 7.69. The Balaban J connectivity index is 1.36. The molecule has 2 fully saturated rings. The smallest absolute Gasteiger partial charge is 0.231 e. The molecule has 1 saturated carbocycles. The molecule has 2 aliphatic rings. The van der Waals surface area contributed by atoms with Crippen molar-refractivity contribution in [1.29, 1.82) is 0 Å². The summed E-state index contributed by atoms with van der Waals surface area (Å²) in [5, 5.41) is 4.13. The minimum absolute atomic E-state index is 0.157. The van der Waals surface area contributed by atoms with Crippen molar-refractivity contribution in [2.24, 2.45) is 5.92 Å². The van der Waals surface area contributed by atoms with Crippen LogP contribution in [0.15, 0.2) is 34.9 Å². The maximum absolute atomic E-state index is 12.6. The summed E-state index contributed by atoms with van der Waals surface area (Å²) in [6, 6.07) is 9.87. The number of rotatable bonds is 5. The number of carbonyl (C=O) groups is 1. The van der Waals surface area contributed by atoms with Gasteiger partial charge in [0.25, 0.3) is 0 Å². The molecule has 0 bridgehead atoms. The van der Waals surface area contributed by atoms with E-state index in [0.717, 1.165) is 37.3 Å². The third-order valence-corrected chi connectivity index (χ3v) is 5.84. The van der Waals surface area contributed by atoms with Crippen molar-refractivity contribution in [2.45, 2.75) is 57.3 Å². The molecular formula is C21H27N3O2. The average Bonchev–Trinajstić information content (AvgIpc) is 3.39. The van der Waals surface area contributed by atoms with Crippen LogP contribution in [0.4, 0.5) is 0 Å². The highest BCUT2D eigenvalue weighted by molar-refractivity contribution is 5.76. The molecule has 5 nitrogen and oxygen atoms in total. The van der Waals surface area contributed by atoms with Gasteiger partial charge in [-0.3, -0.25) is 4.79 Å². The lowest BCUT2D eigenvalue weighted by atomic mass is 9.96. The summed E-state index contributed by atoms with van der Waals surface area (Å²) in [4.78, 5) is 19.2. The highest BCUT2D eigenvalue weighted by atomic mass is 16.5. The first-order valence-corrected chi connectivity index (χ1v) is 9.96. The Morgan fingerprint density at radius 3 is 2.73 bits per heavy atom. The molecule has 2 heterocycles. The van der Waals surface area contributed by atoms with E-state index in [0.29, 0.717) is 30.6 Å². The molecule has 26 heavy (non-hydrogen) atoms. The molecule has 0 N–H and O–H groups in total. The predicted octanol–water partition coefficient (Wildman–Crippen LogP) is 4.41. The van der Waals surface area contributed by atoms with Crippen LogP contribution in [0.3, 0.4) is 0 Å². The van der Waals surface area contributed by atoms with Gasteiger partial charge in [0.05, 0.1) is 5.92 Å². The molecule has 138 valence electrons. The summed E-state index contributed by atoms with van der Waals surface area (Å²) in [6.45, 7) is 1.57. The van der Waals surface area contributed by atoms with Gasteiger partial charge in [-0.25, -0.2) is 0 Å². The Morgan fingerprint density at radius 1 is 1.12 bits per heavy atom. The normalized spacial score (nSPS) is 21.2. The lowest BCUT2D eigenvalue weighted by molar-refractivity contribution is -0.132. The number of aromatic nitrogens is 2. The third-order valence-electron chi connectivity index (χ3n) is 5.84. The molecule has 2 aromatic rings. The first-order valence-electron chi connectivity index (χ1n) is 9.96. The van der Waals surface area contributed by atoms with Gasteiger partial charge in [0.1, 0.15) is 0 Å². The second kappa shape index (κ2) is 8.02. The molecule has 1 saturated heterocycles. The molecule has 1 aromatic carbocycles. The molecular weight excluding hydrogens is 326 g/mol. The molecule has 0 spiro atoms. The van der Waals surface area contributed by atoms with Gasteiger partial charge >= 0.3 is 0 Å². The van der Waals surface area contributed by atoms with E-state index in [1.807, 2.05) is 35.2 Å². The zero-order valence-corrected chi connectivity index (χ0v) is 15.3. The van der Waals surface area contributed by atoms with Gasteiger partial charge in [-0.15, -0.1) is 0 Å². The summed E-state index contributed by atoms with van der Waals surface area (Å²) in [5.74, 6) is 2.51. The molecule has 1 amide bonds. The topological polar surface area (TPSA) is 59.2 Å². The lowest BCUT2D eigenvalue weighted by Crippen LogP contribution is -2.39. The number of piperidine rings is 1. The van der Waals surface area contributed by atoms with Gasteiger partial charge in [-0.05, 0) is 25.2 Å². The predicted molar refractivity (Wildman–Crippen MR) is 99.5 cm³/mol. The fourth-order valence-corrected chi connectivity index (χ4v) is 4.30. The number of likely N-dealkylation sites (tertiary alicyclic amines) is 1. The van der Waals surface area contributed by atoms with E-state index in [4.69, 9.17) is 4.52 Å². The number of hydrogen-bond donors (Lipinski definition) is 0. The Bertz CT molecular complexity index is 722. The highest BCUT2D eigenvalue weighted by Crippen LogP contribution is 2.30. The van der Waals surface area contributed by atoms with Crippen LogP contribution < -0.4 is 0 Å². The van der Waals surface area contributed by atoms with Crippen molar-refractivity contribution in [3.63, 3.8) is 0 Å². The SMILES string of the molecule is O=C(CCC1CCCC1)N1CCCC(c2nc(-c3ccccc3)no2)C1. The van der Waals surface area contributed by atoms with E-state index in [1.165, 1.54) is 25.7 Å². The van der Waals surface area contributed by atoms with Crippen molar-refractivity contribution in [2.75, 3.05) is 13.1 Å². The zero-order chi connectivity index (χ0) is 17.8. The maximum Gasteiger partial charge on any atom is 0.231 e. The number of nitrogens with zero attached hydrogens (tertiary/aromatic N) is 3. The molecule has 5 heteroatoms. The second-order valence-corrected chi connectivity index (χ2v) is 7.69. The molecule has 1 atom stereocenters. The molecule has 1 unspecified atom stereocenters. The van der Waals surface area contributed by atoms with E-state index in [1.54, 1.807) is 0 Å². The van der Waals surface area contributed by atoms with E-state index in [2.05, 4.69) is 10.1 Å². The summed E-state index contributed by atoms with van der Waals surface area (Å²) < 4.78 is 5.53. The van der Waals surface area contributed by atoms with Gasteiger partial charge in [0.2, 0.25) is 17.6 Å². The molecule has 1 aliphatic carbocycles. The molecule has 4 rings (SSSR count). The van der Waals surface area contributed by atoms with Crippen molar-refractivity contribution < 1.29 is 9.32 Å². The highest BCUT2D eigenvalue weighted by Gasteiger charge is 2.29. The fraction of sp³-hybridized carbons (Fsp3) is 0.571. The van der Waals surface area contributed by atoms with Gasteiger partial charge in [-0.1, -0.05) is 61.2 Å². The van der Waals surface area contributed by atoms with E-state index >= 15 is 0 Å². The quantitative estimate of drug-likeness (QED) is 0.799. The number of benzene rings is 1. The van der Waals surface area contributed by atoms with Gasteiger partial charge in [-0.2, -0.15) is 4.98 Å². The Kier molecular flexibility index (Phi) is 5.32. The molecule has 1 aliphatic heterocycles. The third kappa shape index (κ3) is 3.97. The monoisotopic (exact) mass is 353 g/mol. The van der Waals surface area contributed by atoms with Crippen LogP contribution in [-0.4, -0.2) is 34.0 Å². The van der Waals surface area contributed by atoms with Crippen molar-refractivity contribution in [1.82, 2.24) is 15.0 Å². The van der Waals surface area contributed by atoms with Gasteiger partial charge < -0.3 is 9.42 Å². The van der Waals surface area contributed by atoms with E-state index < -0.39 is 0 Å². The Labute approximate surface area is 154 Å². The Hall–Kier alpha value is -2.17. The molecule has 0 radical (unpaired) electrons. The first kappa shape index (κ1) is 17.3. The Morgan fingerprint density at radius 2 is 1.92 bits per heavy atom. The van der Waals surface area contributed by atoms with Gasteiger partial charge in [0, 0.05) is 25.1 Å². The zero-order valence-electron chi connectivity index (χ0n) is 15.3. The van der Waals surface area contributed by atoms with Crippen LogP contribution in [0.5, 0.6) is 0 Å². The number of amides is 1. The van der Waals surface area contributed by atoms with Crippen LogP contribution in [0.1, 0.15) is 63.2 Å². The molecule has 1 aromatic heterocycles. The van der Waals surface area contributed by atoms with Crippen LogP contribution in [0, 0.1) is 5.92 Å². The maximum atomic E-state index is 12.6. The van der Waals surface area contributed by atoms with E-state index in [-0.39, 0.29) is 5.92 Å². The fourth-order valence-electron chi connectivity index (χ4n) is 4.30. The first-order chi connectivity index (χ1) is 12.8. The lowest BCUT2D eigenvalue weighted by Gasteiger charge is -2.31. The minimum atomic E-state index is 0.157.